The Morgan fingerprint density at radius 1 is 1.29 bits per heavy atom. The molecule has 0 fully saturated rings. The van der Waals surface area contributed by atoms with Crippen molar-refractivity contribution in [1.29, 1.82) is 0 Å². The minimum atomic E-state index is -0.599. The lowest BCUT2D eigenvalue weighted by Gasteiger charge is -2.08. The number of aryl methyl sites for hydroxylation is 1. The molecule has 0 aromatic heterocycles. The average Bonchev–Trinajstić information content (AvgIpc) is 2.45. The van der Waals surface area contributed by atoms with Crippen LogP contribution in [-0.2, 0) is 0 Å². The molecule has 0 aliphatic carbocycles. The molecular formula is C15H12ClNO4. The van der Waals surface area contributed by atoms with Crippen LogP contribution in [0.5, 0.6) is 5.75 Å². The molecule has 0 spiro atoms. The van der Waals surface area contributed by atoms with E-state index in [1.165, 1.54) is 18.2 Å². The van der Waals surface area contributed by atoms with E-state index in [1.807, 2.05) is 13.0 Å². The number of Topliss-reactive ketones (excluding diaryl/α,β-unsaturated/α-hetero) is 1. The Morgan fingerprint density at radius 3 is 2.67 bits per heavy atom. The number of hydrogen-bond acceptors (Lipinski definition) is 4. The van der Waals surface area contributed by atoms with E-state index in [-0.39, 0.29) is 28.8 Å². The second kappa shape index (κ2) is 6.37. The lowest BCUT2D eigenvalue weighted by Crippen LogP contribution is -2.12. The summed E-state index contributed by atoms with van der Waals surface area (Å²) >= 11 is 5.89. The van der Waals surface area contributed by atoms with Crippen molar-refractivity contribution in [1.82, 2.24) is 0 Å². The summed E-state index contributed by atoms with van der Waals surface area (Å²) in [7, 11) is 0. The maximum Gasteiger partial charge on any atom is 0.312 e. The number of ketones is 1. The van der Waals surface area contributed by atoms with Gasteiger partial charge < -0.3 is 4.74 Å². The van der Waals surface area contributed by atoms with E-state index < -0.39 is 4.92 Å². The standard InChI is InChI=1S/C15H12ClNO4/c1-10-4-2-5-11(8-10)14(18)9-21-15-12(16)6-3-7-13(15)17(19)20/h2-8H,9H2,1H3. The van der Waals surface area contributed by atoms with Gasteiger partial charge in [0.15, 0.2) is 12.4 Å². The summed E-state index contributed by atoms with van der Waals surface area (Å²) < 4.78 is 5.26. The minimum Gasteiger partial charge on any atom is -0.477 e. The molecule has 0 saturated heterocycles. The largest absolute Gasteiger partial charge is 0.477 e. The molecule has 0 unspecified atom stereocenters. The van der Waals surface area contributed by atoms with Gasteiger partial charge in [0, 0.05) is 11.6 Å². The van der Waals surface area contributed by atoms with Crippen molar-refractivity contribution in [2.75, 3.05) is 6.61 Å². The first kappa shape index (κ1) is 15.0. The molecule has 0 aliphatic heterocycles. The van der Waals surface area contributed by atoms with Crippen molar-refractivity contribution in [3.05, 3.63) is 68.7 Å². The fourth-order valence-corrected chi connectivity index (χ4v) is 2.05. The average molecular weight is 306 g/mol. The number of benzene rings is 2. The Hall–Kier alpha value is -2.40. The van der Waals surface area contributed by atoms with Gasteiger partial charge in [-0.15, -0.1) is 0 Å². The SMILES string of the molecule is Cc1cccc(C(=O)COc2c(Cl)cccc2[N+](=O)[O-])c1. The lowest BCUT2D eigenvalue weighted by molar-refractivity contribution is -0.385. The molecule has 0 N–H and O–H groups in total. The topological polar surface area (TPSA) is 69.4 Å². The molecule has 0 heterocycles. The van der Waals surface area contributed by atoms with Crippen LogP contribution in [0.15, 0.2) is 42.5 Å². The van der Waals surface area contributed by atoms with Gasteiger partial charge >= 0.3 is 5.69 Å². The van der Waals surface area contributed by atoms with Crippen molar-refractivity contribution < 1.29 is 14.5 Å². The third-order valence-corrected chi connectivity index (χ3v) is 3.13. The Balaban J connectivity index is 2.17. The first-order valence-corrected chi connectivity index (χ1v) is 6.52. The number of halogens is 1. The van der Waals surface area contributed by atoms with Crippen LogP contribution in [0.4, 0.5) is 5.69 Å². The number of para-hydroxylation sites is 1. The molecular weight excluding hydrogens is 294 g/mol. The number of ether oxygens (including phenoxy) is 1. The lowest BCUT2D eigenvalue weighted by atomic mass is 10.1. The van der Waals surface area contributed by atoms with Crippen LogP contribution in [0.1, 0.15) is 15.9 Å². The molecule has 2 rings (SSSR count). The summed E-state index contributed by atoms with van der Waals surface area (Å²) in [6, 6.07) is 11.2. The zero-order chi connectivity index (χ0) is 15.4. The Morgan fingerprint density at radius 2 is 2.00 bits per heavy atom. The smallest absolute Gasteiger partial charge is 0.312 e. The van der Waals surface area contributed by atoms with Crippen molar-refractivity contribution >= 4 is 23.1 Å². The van der Waals surface area contributed by atoms with Crippen molar-refractivity contribution in [3.63, 3.8) is 0 Å². The number of rotatable bonds is 5. The van der Waals surface area contributed by atoms with Crippen LogP contribution in [0.25, 0.3) is 0 Å². The zero-order valence-electron chi connectivity index (χ0n) is 11.2. The molecule has 0 atom stereocenters. The summed E-state index contributed by atoms with van der Waals surface area (Å²) in [4.78, 5) is 22.3. The third-order valence-electron chi connectivity index (χ3n) is 2.83. The summed E-state index contributed by atoms with van der Waals surface area (Å²) in [6.45, 7) is 1.56. The van der Waals surface area contributed by atoms with Gasteiger partial charge in [0.05, 0.1) is 9.95 Å². The molecule has 0 amide bonds. The molecule has 0 bridgehead atoms. The first-order chi connectivity index (χ1) is 9.99. The highest BCUT2D eigenvalue weighted by atomic mass is 35.5. The van der Waals surface area contributed by atoms with Gasteiger partial charge in [-0.25, -0.2) is 0 Å². The highest BCUT2D eigenvalue weighted by molar-refractivity contribution is 6.32. The normalized spacial score (nSPS) is 10.2. The fourth-order valence-electron chi connectivity index (χ4n) is 1.82. The number of carbonyl (C=O) groups excluding carboxylic acids is 1. The monoisotopic (exact) mass is 305 g/mol. The maximum atomic E-state index is 12.0. The third kappa shape index (κ3) is 3.58. The van der Waals surface area contributed by atoms with Crippen LogP contribution in [0.2, 0.25) is 5.02 Å². The molecule has 5 nitrogen and oxygen atoms in total. The van der Waals surface area contributed by atoms with Crippen LogP contribution in [0.3, 0.4) is 0 Å². The maximum absolute atomic E-state index is 12.0. The van der Waals surface area contributed by atoms with Crippen molar-refractivity contribution in [2.45, 2.75) is 6.92 Å². The van der Waals surface area contributed by atoms with Gasteiger partial charge in [0.25, 0.3) is 0 Å². The van der Waals surface area contributed by atoms with E-state index in [1.54, 1.807) is 18.2 Å². The summed E-state index contributed by atoms with van der Waals surface area (Å²) in [6.07, 6.45) is 0. The Bertz CT molecular complexity index is 700. The Labute approximate surface area is 126 Å². The molecule has 6 heteroatoms. The first-order valence-electron chi connectivity index (χ1n) is 6.14. The molecule has 21 heavy (non-hydrogen) atoms. The van der Waals surface area contributed by atoms with E-state index in [9.17, 15) is 14.9 Å². The van der Waals surface area contributed by atoms with E-state index in [0.29, 0.717) is 5.56 Å². The van der Waals surface area contributed by atoms with Crippen molar-refractivity contribution in [2.24, 2.45) is 0 Å². The van der Waals surface area contributed by atoms with Crippen LogP contribution >= 0.6 is 11.6 Å². The highest BCUT2D eigenvalue weighted by Gasteiger charge is 2.19. The van der Waals surface area contributed by atoms with Gasteiger partial charge in [-0.1, -0.05) is 41.4 Å². The van der Waals surface area contributed by atoms with Crippen LogP contribution in [0, 0.1) is 17.0 Å². The summed E-state index contributed by atoms with van der Waals surface area (Å²) in [5.41, 5.74) is 1.17. The second-order valence-corrected chi connectivity index (χ2v) is 4.83. The molecule has 108 valence electrons. The van der Waals surface area contributed by atoms with Crippen LogP contribution < -0.4 is 4.74 Å². The number of carbonyl (C=O) groups is 1. The fraction of sp³-hybridized carbons (Fsp3) is 0.133. The predicted octanol–water partition coefficient (Wildman–Crippen LogP) is 3.82. The number of nitro benzene ring substituents is 1. The highest BCUT2D eigenvalue weighted by Crippen LogP contribution is 2.34. The van der Waals surface area contributed by atoms with E-state index in [0.717, 1.165) is 5.56 Å². The van der Waals surface area contributed by atoms with Gasteiger partial charge in [-0.05, 0) is 19.1 Å². The van der Waals surface area contributed by atoms with Gasteiger partial charge in [-0.3, -0.25) is 14.9 Å². The number of nitrogens with zero attached hydrogens (tertiary/aromatic N) is 1. The molecule has 0 aliphatic rings. The van der Waals surface area contributed by atoms with Gasteiger partial charge in [0.2, 0.25) is 5.75 Å². The number of hydrogen-bond donors (Lipinski definition) is 0. The number of nitro groups is 1. The quantitative estimate of drug-likeness (QED) is 0.478. The summed E-state index contributed by atoms with van der Waals surface area (Å²) in [5.74, 6) is -0.363. The summed E-state index contributed by atoms with van der Waals surface area (Å²) in [5, 5.41) is 11.0. The zero-order valence-corrected chi connectivity index (χ0v) is 12.0. The molecule has 2 aromatic carbocycles. The predicted molar refractivity (Wildman–Crippen MR) is 79.1 cm³/mol. The second-order valence-electron chi connectivity index (χ2n) is 4.43. The van der Waals surface area contributed by atoms with Gasteiger partial charge in [-0.2, -0.15) is 0 Å². The minimum absolute atomic E-state index is 0.0924. The van der Waals surface area contributed by atoms with E-state index in [2.05, 4.69) is 0 Å². The van der Waals surface area contributed by atoms with Crippen molar-refractivity contribution in [3.8, 4) is 5.75 Å². The Kier molecular flexibility index (Phi) is 4.55. The van der Waals surface area contributed by atoms with E-state index in [4.69, 9.17) is 16.3 Å². The van der Waals surface area contributed by atoms with E-state index >= 15 is 0 Å². The van der Waals surface area contributed by atoms with Gasteiger partial charge in [0.1, 0.15) is 0 Å². The molecule has 2 aromatic rings. The molecule has 0 saturated carbocycles. The van der Waals surface area contributed by atoms with Crippen LogP contribution in [-0.4, -0.2) is 17.3 Å². The molecule has 0 radical (unpaired) electrons.